The summed E-state index contributed by atoms with van der Waals surface area (Å²) in [6.07, 6.45) is 0. The monoisotopic (exact) mass is 370 g/mol. The van der Waals surface area contributed by atoms with Gasteiger partial charge < -0.3 is 9.47 Å². The fourth-order valence-electron chi connectivity index (χ4n) is 2.81. The van der Waals surface area contributed by atoms with E-state index in [9.17, 15) is 4.79 Å². The first kappa shape index (κ1) is 18.3. The van der Waals surface area contributed by atoms with Crippen LogP contribution in [0.2, 0.25) is 0 Å². The summed E-state index contributed by atoms with van der Waals surface area (Å²) in [5, 5.41) is 0.759. The van der Waals surface area contributed by atoms with Gasteiger partial charge in [-0.3, -0.25) is 14.7 Å². The van der Waals surface area contributed by atoms with Crippen LogP contribution in [0.1, 0.15) is 21.5 Å². The average Bonchev–Trinajstić information content (AvgIpc) is 3.14. The standard InChI is InChI=1S/C20H22N2O3S/c1-14-5-4-6-15(11-14)13-26-20-21-9-10-22(20)19(23)17-8-7-16(24-2)12-18(17)25-3/h4-8,11-12H,9-10,13H2,1-3H3. The van der Waals surface area contributed by atoms with Crippen LogP contribution in [0.15, 0.2) is 47.5 Å². The van der Waals surface area contributed by atoms with Gasteiger partial charge in [0.05, 0.1) is 26.3 Å². The van der Waals surface area contributed by atoms with E-state index in [1.165, 1.54) is 11.1 Å². The molecular formula is C20H22N2O3S. The van der Waals surface area contributed by atoms with Gasteiger partial charge >= 0.3 is 0 Å². The van der Waals surface area contributed by atoms with Gasteiger partial charge in [-0.2, -0.15) is 0 Å². The van der Waals surface area contributed by atoms with Gasteiger partial charge in [0.25, 0.3) is 5.91 Å². The highest BCUT2D eigenvalue weighted by atomic mass is 32.2. The molecule has 0 fully saturated rings. The van der Waals surface area contributed by atoms with Crippen molar-refractivity contribution in [3.8, 4) is 11.5 Å². The zero-order chi connectivity index (χ0) is 18.5. The number of thioether (sulfide) groups is 1. The molecule has 0 aromatic heterocycles. The molecule has 5 nitrogen and oxygen atoms in total. The Balaban J connectivity index is 1.74. The Morgan fingerprint density at radius 1 is 1.19 bits per heavy atom. The molecule has 0 radical (unpaired) electrons. The van der Waals surface area contributed by atoms with Crippen molar-refractivity contribution < 1.29 is 14.3 Å². The number of ether oxygens (including phenoxy) is 2. The van der Waals surface area contributed by atoms with Crippen molar-refractivity contribution in [3.05, 3.63) is 59.2 Å². The van der Waals surface area contributed by atoms with Crippen molar-refractivity contribution in [2.75, 3.05) is 27.3 Å². The van der Waals surface area contributed by atoms with Crippen molar-refractivity contribution in [2.45, 2.75) is 12.7 Å². The van der Waals surface area contributed by atoms with Gasteiger partial charge in [0.2, 0.25) is 0 Å². The number of methoxy groups -OCH3 is 2. The molecule has 0 atom stereocenters. The van der Waals surface area contributed by atoms with E-state index < -0.39 is 0 Å². The maximum atomic E-state index is 13.0. The molecule has 6 heteroatoms. The number of hydrogen-bond donors (Lipinski definition) is 0. The number of nitrogens with zero attached hydrogens (tertiary/aromatic N) is 2. The summed E-state index contributed by atoms with van der Waals surface area (Å²) < 4.78 is 10.6. The first-order valence-corrected chi connectivity index (χ1v) is 9.37. The highest BCUT2D eigenvalue weighted by molar-refractivity contribution is 8.13. The third-order valence-corrected chi connectivity index (χ3v) is 5.22. The molecule has 0 aliphatic carbocycles. The number of amidine groups is 1. The summed E-state index contributed by atoms with van der Waals surface area (Å²) in [4.78, 5) is 19.2. The first-order chi connectivity index (χ1) is 12.6. The molecule has 1 amide bonds. The molecule has 2 aromatic rings. The minimum atomic E-state index is -0.0995. The number of hydrogen-bond acceptors (Lipinski definition) is 5. The van der Waals surface area contributed by atoms with E-state index in [-0.39, 0.29) is 5.91 Å². The Morgan fingerprint density at radius 2 is 2.04 bits per heavy atom. The second-order valence-corrected chi connectivity index (χ2v) is 6.91. The summed E-state index contributed by atoms with van der Waals surface area (Å²) in [7, 11) is 3.14. The predicted octanol–water partition coefficient (Wildman–Crippen LogP) is 3.76. The summed E-state index contributed by atoms with van der Waals surface area (Å²) in [6.45, 7) is 3.29. The molecule has 1 heterocycles. The van der Waals surface area contributed by atoms with E-state index in [2.05, 4.69) is 30.1 Å². The van der Waals surface area contributed by atoms with E-state index in [4.69, 9.17) is 9.47 Å². The maximum absolute atomic E-state index is 13.0. The third-order valence-electron chi connectivity index (χ3n) is 4.14. The van der Waals surface area contributed by atoms with Crippen molar-refractivity contribution in [3.63, 3.8) is 0 Å². The fraction of sp³-hybridized carbons (Fsp3) is 0.300. The number of benzene rings is 2. The first-order valence-electron chi connectivity index (χ1n) is 8.39. The number of aliphatic imine (C=N–C) groups is 1. The van der Waals surface area contributed by atoms with Crippen LogP contribution in [-0.2, 0) is 5.75 Å². The second kappa shape index (κ2) is 8.27. The van der Waals surface area contributed by atoms with Crippen molar-refractivity contribution in [1.29, 1.82) is 0 Å². The van der Waals surface area contributed by atoms with Crippen LogP contribution < -0.4 is 9.47 Å². The van der Waals surface area contributed by atoms with E-state index in [1.54, 1.807) is 49.1 Å². The number of amides is 1. The summed E-state index contributed by atoms with van der Waals surface area (Å²) >= 11 is 1.59. The highest BCUT2D eigenvalue weighted by Gasteiger charge is 2.27. The number of rotatable bonds is 5. The molecule has 26 heavy (non-hydrogen) atoms. The second-order valence-electron chi connectivity index (χ2n) is 5.97. The van der Waals surface area contributed by atoms with Gasteiger partial charge in [-0.15, -0.1) is 0 Å². The molecular weight excluding hydrogens is 348 g/mol. The number of aryl methyl sites for hydroxylation is 1. The SMILES string of the molecule is COc1ccc(C(=O)N2CCN=C2SCc2cccc(C)c2)c(OC)c1. The smallest absolute Gasteiger partial charge is 0.263 e. The van der Waals surface area contributed by atoms with Crippen molar-refractivity contribution in [2.24, 2.45) is 4.99 Å². The predicted molar refractivity (Wildman–Crippen MR) is 105 cm³/mol. The zero-order valence-electron chi connectivity index (χ0n) is 15.2. The molecule has 0 saturated carbocycles. The van der Waals surface area contributed by atoms with Crippen LogP contribution in [0.4, 0.5) is 0 Å². The molecule has 0 spiro atoms. The average molecular weight is 370 g/mol. The van der Waals surface area contributed by atoms with Crippen LogP contribution >= 0.6 is 11.8 Å². The van der Waals surface area contributed by atoms with Gasteiger partial charge in [-0.05, 0) is 24.6 Å². The lowest BCUT2D eigenvalue weighted by Crippen LogP contribution is -2.33. The zero-order valence-corrected chi connectivity index (χ0v) is 16.0. The quantitative estimate of drug-likeness (QED) is 0.804. The van der Waals surface area contributed by atoms with E-state index in [1.807, 2.05) is 6.07 Å². The fourth-order valence-corrected chi connectivity index (χ4v) is 3.80. The van der Waals surface area contributed by atoms with Gasteiger partial charge in [-0.1, -0.05) is 41.6 Å². The van der Waals surface area contributed by atoms with Gasteiger partial charge in [0.1, 0.15) is 11.5 Å². The Labute approximate surface area is 158 Å². The molecule has 0 saturated heterocycles. The van der Waals surface area contributed by atoms with Gasteiger partial charge in [0, 0.05) is 18.4 Å². The minimum absolute atomic E-state index is 0.0995. The Hall–Kier alpha value is -2.47. The van der Waals surface area contributed by atoms with E-state index >= 15 is 0 Å². The van der Waals surface area contributed by atoms with Crippen LogP contribution in [-0.4, -0.2) is 43.3 Å². The van der Waals surface area contributed by atoms with E-state index in [0.29, 0.717) is 30.2 Å². The van der Waals surface area contributed by atoms with Crippen LogP contribution in [0.5, 0.6) is 11.5 Å². The molecule has 0 bridgehead atoms. The molecule has 1 aliphatic rings. The van der Waals surface area contributed by atoms with Gasteiger partial charge in [-0.25, -0.2) is 0 Å². The number of carbonyl (C=O) groups is 1. The molecule has 0 N–H and O–H groups in total. The molecule has 0 unspecified atom stereocenters. The molecule has 1 aliphatic heterocycles. The largest absolute Gasteiger partial charge is 0.497 e. The lowest BCUT2D eigenvalue weighted by atomic mass is 10.1. The van der Waals surface area contributed by atoms with Crippen LogP contribution in [0.3, 0.4) is 0 Å². The van der Waals surface area contributed by atoms with Crippen molar-refractivity contribution >= 4 is 22.8 Å². The third kappa shape index (κ3) is 4.02. The molecule has 3 rings (SSSR count). The normalized spacial score (nSPS) is 13.5. The molecule has 2 aromatic carbocycles. The molecule has 136 valence electrons. The lowest BCUT2D eigenvalue weighted by molar-refractivity contribution is 0.0857. The summed E-state index contributed by atoms with van der Waals surface area (Å²) in [6, 6.07) is 13.6. The Morgan fingerprint density at radius 3 is 2.77 bits per heavy atom. The van der Waals surface area contributed by atoms with Gasteiger partial charge in [0.15, 0.2) is 5.17 Å². The van der Waals surface area contributed by atoms with E-state index in [0.717, 1.165) is 10.9 Å². The highest BCUT2D eigenvalue weighted by Crippen LogP contribution is 2.28. The maximum Gasteiger partial charge on any atom is 0.263 e. The number of carbonyl (C=O) groups excluding carboxylic acids is 1. The Bertz CT molecular complexity index is 836. The summed E-state index contributed by atoms with van der Waals surface area (Å²) in [5.41, 5.74) is 2.96. The minimum Gasteiger partial charge on any atom is -0.497 e. The summed E-state index contributed by atoms with van der Waals surface area (Å²) in [5.74, 6) is 1.84. The van der Waals surface area contributed by atoms with Crippen LogP contribution in [0.25, 0.3) is 0 Å². The topological polar surface area (TPSA) is 51.1 Å². The van der Waals surface area contributed by atoms with Crippen LogP contribution in [0, 0.1) is 6.92 Å². The Kier molecular flexibility index (Phi) is 5.83. The van der Waals surface area contributed by atoms with Crippen molar-refractivity contribution in [1.82, 2.24) is 4.90 Å². The lowest BCUT2D eigenvalue weighted by Gasteiger charge is -2.19.